The lowest BCUT2D eigenvalue weighted by Crippen LogP contribution is -2.46. The number of hydrogen-bond acceptors (Lipinski definition) is 3. The number of piperidine rings is 1. The number of aromatic nitrogens is 1. The number of fused-ring (bicyclic) bond motifs is 1. The van der Waals surface area contributed by atoms with Crippen molar-refractivity contribution < 1.29 is 9.53 Å². The van der Waals surface area contributed by atoms with Crippen LogP contribution < -0.4 is 4.74 Å². The van der Waals surface area contributed by atoms with E-state index in [2.05, 4.69) is 51.9 Å². The van der Waals surface area contributed by atoms with Crippen LogP contribution in [0.3, 0.4) is 0 Å². The first-order valence-electron chi connectivity index (χ1n) is 9.82. The van der Waals surface area contributed by atoms with E-state index in [1.807, 2.05) is 0 Å². The van der Waals surface area contributed by atoms with E-state index in [1.165, 1.54) is 10.9 Å². The number of rotatable bonds is 4. The summed E-state index contributed by atoms with van der Waals surface area (Å²) in [6.07, 6.45) is 6.76. The Balaban J connectivity index is 1.33. The lowest BCUT2D eigenvalue weighted by atomic mass is 10.1. The third-order valence-corrected chi connectivity index (χ3v) is 5.97. The number of carbonyl (C=O) groups is 1. The first-order valence-corrected chi connectivity index (χ1v) is 9.82. The number of amides is 1. The molecule has 0 N–H and O–H groups in total. The van der Waals surface area contributed by atoms with Gasteiger partial charge in [-0.05, 0) is 43.9 Å². The molecule has 1 atom stereocenters. The minimum Gasteiger partial charge on any atom is -0.490 e. The zero-order chi connectivity index (χ0) is 18.1. The Labute approximate surface area is 155 Å². The Bertz CT molecular complexity index is 777. The van der Waals surface area contributed by atoms with E-state index in [-0.39, 0.29) is 12.0 Å². The Morgan fingerprint density at radius 1 is 1.15 bits per heavy atom. The van der Waals surface area contributed by atoms with E-state index in [1.54, 1.807) is 6.92 Å². The zero-order valence-electron chi connectivity index (χ0n) is 15.9. The Hall–Kier alpha value is -2.01. The average molecular weight is 355 g/mol. The molecular formula is C21H29N3O2. The van der Waals surface area contributed by atoms with Crippen LogP contribution in [0, 0.1) is 0 Å². The van der Waals surface area contributed by atoms with Gasteiger partial charge in [0.1, 0.15) is 11.9 Å². The maximum Gasteiger partial charge on any atom is 0.219 e. The fourth-order valence-electron chi connectivity index (χ4n) is 4.50. The van der Waals surface area contributed by atoms with E-state index in [4.69, 9.17) is 4.74 Å². The highest BCUT2D eigenvalue weighted by Gasteiger charge is 2.30. The topological polar surface area (TPSA) is 37.7 Å². The Morgan fingerprint density at radius 3 is 2.73 bits per heavy atom. The number of carbonyl (C=O) groups excluding carboxylic acids is 1. The van der Waals surface area contributed by atoms with Crippen LogP contribution in [0.25, 0.3) is 10.9 Å². The van der Waals surface area contributed by atoms with E-state index < -0.39 is 0 Å². The van der Waals surface area contributed by atoms with Crippen molar-refractivity contribution >= 4 is 16.8 Å². The van der Waals surface area contributed by atoms with Gasteiger partial charge in [-0.1, -0.05) is 6.07 Å². The molecule has 2 fully saturated rings. The SMILES string of the molecule is CC(=O)N1CCCC1CN1CCC(Oc2cccc3c2ccn3C)CC1. The lowest BCUT2D eigenvalue weighted by Gasteiger charge is -2.35. The third-order valence-electron chi connectivity index (χ3n) is 5.97. The molecule has 5 heteroatoms. The molecular weight excluding hydrogens is 326 g/mol. The van der Waals surface area contributed by atoms with Crippen LogP contribution in [0.2, 0.25) is 0 Å². The molecule has 2 aliphatic rings. The predicted octanol–water partition coefficient (Wildman–Crippen LogP) is 3.03. The summed E-state index contributed by atoms with van der Waals surface area (Å²) in [5.74, 6) is 1.22. The summed E-state index contributed by atoms with van der Waals surface area (Å²) in [5.41, 5.74) is 1.21. The molecule has 2 aromatic rings. The normalized spacial score (nSPS) is 22.2. The summed E-state index contributed by atoms with van der Waals surface area (Å²) < 4.78 is 8.49. The minimum atomic E-state index is 0.224. The summed E-state index contributed by atoms with van der Waals surface area (Å²) in [7, 11) is 2.07. The third kappa shape index (κ3) is 3.45. The number of nitrogens with zero attached hydrogens (tertiary/aromatic N) is 3. The lowest BCUT2D eigenvalue weighted by molar-refractivity contribution is -0.130. The van der Waals surface area contributed by atoms with Crippen LogP contribution >= 0.6 is 0 Å². The molecule has 2 saturated heterocycles. The minimum absolute atomic E-state index is 0.224. The van der Waals surface area contributed by atoms with E-state index in [9.17, 15) is 4.79 Å². The zero-order valence-corrected chi connectivity index (χ0v) is 15.9. The average Bonchev–Trinajstić information content (AvgIpc) is 3.25. The maximum absolute atomic E-state index is 11.7. The second-order valence-corrected chi connectivity index (χ2v) is 7.74. The molecule has 0 aliphatic carbocycles. The molecule has 1 amide bonds. The molecule has 0 spiro atoms. The van der Waals surface area contributed by atoms with Crippen LogP contribution in [0.5, 0.6) is 5.75 Å². The van der Waals surface area contributed by atoms with Crippen molar-refractivity contribution in [1.82, 2.24) is 14.4 Å². The van der Waals surface area contributed by atoms with E-state index in [0.717, 1.165) is 57.6 Å². The molecule has 1 aromatic heterocycles. The fraction of sp³-hybridized carbons (Fsp3) is 0.571. The van der Waals surface area contributed by atoms with E-state index in [0.29, 0.717) is 6.04 Å². The van der Waals surface area contributed by atoms with Crippen molar-refractivity contribution in [2.75, 3.05) is 26.2 Å². The van der Waals surface area contributed by atoms with Gasteiger partial charge in [-0.2, -0.15) is 0 Å². The van der Waals surface area contributed by atoms with Gasteiger partial charge < -0.3 is 19.1 Å². The van der Waals surface area contributed by atoms with Crippen molar-refractivity contribution in [2.24, 2.45) is 7.05 Å². The first kappa shape index (κ1) is 17.4. The Morgan fingerprint density at radius 2 is 1.96 bits per heavy atom. The second kappa shape index (κ2) is 7.31. The van der Waals surface area contributed by atoms with Crippen molar-refractivity contribution in [3.8, 4) is 5.75 Å². The molecule has 5 nitrogen and oxygen atoms in total. The monoisotopic (exact) mass is 355 g/mol. The summed E-state index contributed by atoms with van der Waals surface area (Å²) in [4.78, 5) is 16.3. The van der Waals surface area contributed by atoms with Crippen molar-refractivity contribution in [3.05, 3.63) is 30.5 Å². The van der Waals surface area contributed by atoms with Gasteiger partial charge in [0.2, 0.25) is 5.91 Å². The molecule has 140 valence electrons. The van der Waals surface area contributed by atoms with Crippen LogP contribution in [-0.2, 0) is 11.8 Å². The largest absolute Gasteiger partial charge is 0.490 e. The van der Waals surface area contributed by atoms with Crippen LogP contribution in [0.1, 0.15) is 32.6 Å². The summed E-state index contributed by atoms with van der Waals surface area (Å²) in [6.45, 7) is 5.75. The quantitative estimate of drug-likeness (QED) is 0.846. The summed E-state index contributed by atoms with van der Waals surface area (Å²) in [6, 6.07) is 8.83. The number of benzene rings is 1. The van der Waals surface area contributed by atoms with Crippen molar-refractivity contribution in [3.63, 3.8) is 0 Å². The molecule has 0 bridgehead atoms. The van der Waals surface area contributed by atoms with E-state index >= 15 is 0 Å². The Kier molecular flexibility index (Phi) is 4.90. The second-order valence-electron chi connectivity index (χ2n) is 7.74. The van der Waals surface area contributed by atoms with Crippen LogP contribution in [0.4, 0.5) is 0 Å². The molecule has 26 heavy (non-hydrogen) atoms. The molecule has 4 rings (SSSR count). The van der Waals surface area contributed by atoms with Crippen molar-refractivity contribution in [1.29, 1.82) is 0 Å². The van der Waals surface area contributed by atoms with Gasteiger partial charge in [-0.3, -0.25) is 4.79 Å². The molecule has 1 unspecified atom stereocenters. The molecule has 0 saturated carbocycles. The van der Waals surface area contributed by atoms with Gasteiger partial charge in [-0.15, -0.1) is 0 Å². The molecule has 3 heterocycles. The standard InChI is InChI=1S/C21H29N3O2/c1-16(25)24-11-4-5-17(24)15-23-13-8-18(9-14-23)26-21-7-3-6-20-19(21)10-12-22(20)2/h3,6-7,10,12,17-18H,4-5,8-9,11,13-15H2,1-2H3. The predicted molar refractivity (Wildman–Crippen MR) is 103 cm³/mol. The van der Waals surface area contributed by atoms with Crippen molar-refractivity contribution in [2.45, 2.75) is 44.8 Å². The van der Waals surface area contributed by atoms with Gasteiger partial charge >= 0.3 is 0 Å². The number of aryl methyl sites for hydroxylation is 1. The molecule has 1 aromatic carbocycles. The van der Waals surface area contributed by atoms with Crippen LogP contribution in [0.15, 0.2) is 30.5 Å². The van der Waals surface area contributed by atoms with Gasteiger partial charge in [0.25, 0.3) is 0 Å². The van der Waals surface area contributed by atoms with Crippen LogP contribution in [-0.4, -0.2) is 58.6 Å². The van der Waals surface area contributed by atoms with Gasteiger partial charge in [0.15, 0.2) is 0 Å². The maximum atomic E-state index is 11.7. The smallest absolute Gasteiger partial charge is 0.219 e. The highest BCUT2D eigenvalue weighted by atomic mass is 16.5. The summed E-state index contributed by atoms with van der Waals surface area (Å²) >= 11 is 0. The molecule has 2 aliphatic heterocycles. The highest BCUT2D eigenvalue weighted by molar-refractivity contribution is 5.86. The molecule has 0 radical (unpaired) electrons. The highest BCUT2D eigenvalue weighted by Crippen LogP contribution is 2.29. The first-order chi connectivity index (χ1) is 12.6. The van der Waals surface area contributed by atoms with Gasteiger partial charge in [0.05, 0.1) is 5.52 Å². The summed E-state index contributed by atoms with van der Waals surface area (Å²) in [5, 5.41) is 1.19. The van der Waals surface area contributed by atoms with Gasteiger partial charge in [-0.25, -0.2) is 0 Å². The number of likely N-dealkylation sites (tertiary alicyclic amines) is 2. The van der Waals surface area contributed by atoms with Gasteiger partial charge in [0, 0.05) is 57.8 Å². The number of hydrogen-bond donors (Lipinski definition) is 0. The number of ether oxygens (including phenoxy) is 1. The fourth-order valence-corrected chi connectivity index (χ4v) is 4.50.